The molecule has 0 radical (unpaired) electrons. The SMILES string of the molecule is Cc1cc(Br)ccc1N1CC(C)NCC1CN(C)C. The quantitative estimate of drug-likeness (QED) is 0.921. The number of likely N-dealkylation sites (N-methyl/N-ethyl adjacent to an activating group) is 1. The molecule has 1 fully saturated rings. The molecule has 1 N–H and O–H groups in total. The molecule has 0 bridgehead atoms. The third-order valence-electron chi connectivity index (χ3n) is 3.66. The van der Waals surface area contributed by atoms with Crippen molar-refractivity contribution in [3.63, 3.8) is 0 Å². The van der Waals surface area contributed by atoms with E-state index in [4.69, 9.17) is 0 Å². The zero-order valence-electron chi connectivity index (χ0n) is 12.3. The van der Waals surface area contributed by atoms with Crippen LogP contribution >= 0.6 is 15.9 Å². The Hall–Kier alpha value is -0.580. The van der Waals surface area contributed by atoms with Gasteiger partial charge in [-0.15, -0.1) is 0 Å². The molecule has 1 aromatic rings. The zero-order chi connectivity index (χ0) is 14.0. The molecule has 1 aliphatic rings. The number of nitrogens with one attached hydrogen (secondary N) is 1. The van der Waals surface area contributed by atoms with Crippen LogP contribution in [0.25, 0.3) is 0 Å². The van der Waals surface area contributed by atoms with Crippen LogP contribution in [0.1, 0.15) is 12.5 Å². The highest BCUT2D eigenvalue weighted by Gasteiger charge is 2.27. The van der Waals surface area contributed by atoms with Crippen molar-refractivity contribution in [1.29, 1.82) is 0 Å². The predicted molar refractivity (Wildman–Crippen MR) is 86.0 cm³/mol. The first-order valence-electron chi connectivity index (χ1n) is 6.88. The van der Waals surface area contributed by atoms with Gasteiger partial charge in [-0.2, -0.15) is 0 Å². The van der Waals surface area contributed by atoms with Gasteiger partial charge < -0.3 is 15.1 Å². The molecule has 0 spiro atoms. The smallest absolute Gasteiger partial charge is 0.0542 e. The highest BCUT2D eigenvalue weighted by Crippen LogP contribution is 2.27. The Morgan fingerprint density at radius 2 is 2.16 bits per heavy atom. The second kappa shape index (κ2) is 6.25. The third-order valence-corrected chi connectivity index (χ3v) is 4.15. The van der Waals surface area contributed by atoms with Gasteiger partial charge in [-0.1, -0.05) is 15.9 Å². The first-order valence-corrected chi connectivity index (χ1v) is 7.67. The topological polar surface area (TPSA) is 18.5 Å². The van der Waals surface area contributed by atoms with E-state index in [0.29, 0.717) is 12.1 Å². The van der Waals surface area contributed by atoms with Crippen LogP contribution in [0.5, 0.6) is 0 Å². The van der Waals surface area contributed by atoms with E-state index in [1.54, 1.807) is 0 Å². The van der Waals surface area contributed by atoms with Crippen molar-refractivity contribution in [3.05, 3.63) is 28.2 Å². The summed E-state index contributed by atoms with van der Waals surface area (Å²) < 4.78 is 1.15. The van der Waals surface area contributed by atoms with Gasteiger partial charge in [0.25, 0.3) is 0 Å². The summed E-state index contributed by atoms with van der Waals surface area (Å²) in [5, 5.41) is 3.59. The molecular formula is C15H24BrN3. The summed E-state index contributed by atoms with van der Waals surface area (Å²) in [7, 11) is 4.29. The van der Waals surface area contributed by atoms with Crippen LogP contribution < -0.4 is 10.2 Å². The minimum atomic E-state index is 0.533. The summed E-state index contributed by atoms with van der Waals surface area (Å²) in [6, 6.07) is 7.66. The largest absolute Gasteiger partial charge is 0.364 e. The maximum atomic E-state index is 3.59. The van der Waals surface area contributed by atoms with Gasteiger partial charge in [0.05, 0.1) is 6.04 Å². The second-order valence-electron chi connectivity index (χ2n) is 5.81. The Labute approximate surface area is 125 Å². The number of hydrogen-bond acceptors (Lipinski definition) is 3. The molecule has 2 rings (SSSR count). The van der Waals surface area contributed by atoms with Crippen LogP contribution in [0.3, 0.4) is 0 Å². The molecule has 2 atom stereocenters. The molecule has 19 heavy (non-hydrogen) atoms. The number of hydrogen-bond donors (Lipinski definition) is 1. The maximum Gasteiger partial charge on any atom is 0.0542 e. The minimum absolute atomic E-state index is 0.533. The Kier molecular flexibility index (Phi) is 4.87. The predicted octanol–water partition coefficient (Wildman–Crippen LogP) is 2.49. The van der Waals surface area contributed by atoms with Crippen LogP contribution in [0.15, 0.2) is 22.7 Å². The van der Waals surface area contributed by atoms with Crippen molar-refractivity contribution in [3.8, 4) is 0 Å². The molecule has 1 aromatic carbocycles. The van der Waals surface area contributed by atoms with Gasteiger partial charge in [0.2, 0.25) is 0 Å². The molecule has 1 heterocycles. The summed E-state index contributed by atoms with van der Waals surface area (Å²) in [4.78, 5) is 4.83. The lowest BCUT2D eigenvalue weighted by molar-refractivity contribution is 0.316. The Morgan fingerprint density at radius 3 is 2.79 bits per heavy atom. The maximum absolute atomic E-state index is 3.59. The van der Waals surface area contributed by atoms with Crippen LogP contribution in [0, 0.1) is 6.92 Å². The van der Waals surface area contributed by atoms with Gasteiger partial charge in [0.1, 0.15) is 0 Å². The Balaban J connectivity index is 2.25. The fourth-order valence-corrected chi connectivity index (χ4v) is 3.25. The van der Waals surface area contributed by atoms with E-state index in [9.17, 15) is 0 Å². The Bertz CT molecular complexity index is 433. The first-order chi connectivity index (χ1) is 8.97. The molecule has 106 valence electrons. The molecular weight excluding hydrogens is 302 g/mol. The lowest BCUT2D eigenvalue weighted by Crippen LogP contribution is -2.58. The second-order valence-corrected chi connectivity index (χ2v) is 6.72. The molecule has 4 heteroatoms. The third kappa shape index (κ3) is 3.71. The number of anilines is 1. The van der Waals surface area contributed by atoms with Crippen LogP contribution in [0.2, 0.25) is 0 Å². The number of halogens is 1. The van der Waals surface area contributed by atoms with Gasteiger partial charge in [0.15, 0.2) is 0 Å². The van der Waals surface area contributed by atoms with E-state index in [-0.39, 0.29) is 0 Å². The molecule has 1 aliphatic heterocycles. The molecule has 0 amide bonds. The van der Waals surface area contributed by atoms with E-state index in [1.807, 2.05) is 0 Å². The zero-order valence-corrected chi connectivity index (χ0v) is 13.9. The van der Waals surface area contributed by atoms with E-state index >= 15 is 0 Å². The summed E-state index contributed by atoms with van der Waals surface area (Å²) in [6.07, 6.45) is 0. The minimum Gasteiger partial charge on any atom is -0.364 e. The normalized spacial score (nSPS) is 24.0. The summed E-state index contributed by atoms with van der Waals surface area (Å²) in [5.74, 6) is 0. The highest BCUT2D eigenvalue weighted by molar-refractivity contribution is 9.10. The molecule has 0 aromatic heterocycles. The monoisotopic (exact) mass is 325 g/mol. The van der Waals surface area contributed by atoms with Crippen molar-refractivity contribution in [2.45, 2.75) is 25.9 Å². The van der Waals surface area contributed by atoms with Gasteiger partial charge in [-0.25, -0.2) is 0 Å². The number of nitrogens with zero attached hydrogens (tertiary/aromatic N) is 2. The van der Waals surface area contributed by atoms with Crippen LogP contribution in [-0.4, -0.2) is 50.7 Å². The summed E-state index contributed by atoms with van der Waals surface area (Å²) in [6.45, 7) is 7.65. The number of piperazine rings is 1. The lowest BCUT2D eigenvalue weighted by Gasteiger charge is -2.42. The summed E-state index contributed by atoms with van der Waals surface area (Å²) >= 11 is 3.55. The van der Waals surface area contributed by atoms with Crippen LogP contribution in [0.4, 0.5) is 5.69 Å². The van der Waals surface area contributed by atoms with Crippen molar-refractivity contribution < 1.29 is 0 Å². The molecule has 0 aliphatic carbocycles. The molecule has 3 nitrogen and oxygen atoms in total. The van der Waals surface area contributed by atoms with Gasteiger partial charge in [-0.3, -0.25) is 0 Å². The number of benzene rings is 1. The lowest BCUT2D eigenvalue weighted by atomic mass is 10.1. The molecule has 1 saturated heterocycles. The van der Waals surface area contributed by atoms with Gasteiger partial charge >= 0.3 is 0 Å². The van der Waals surface area contributed by atoms with Crippen molar-refractivity contribution in [2.75, 3.05) is 38.6 Å². The number of aryl methyl sites for hydroxylation is 1. The number of rotatable bonds is 3. The van der Waals surface area contributed by atoms with Crippen LogP contribution in [-0.2, 0) is 0 Å². The van der Waals surface area contributed by atoms with E-state index in [0.717, 1.165) is 24.1 Å². The van der Waals surface area contributed by atoms with Crippen molar-refractivity contribution >= 4 is 21.6 Å². The molecule has 0 saturated carbocycles. The van der Waals surface area contributed by atoms with Gasteiger partial charge in [0, 0.05) is 35.8 Å². The Morgan fingerprint density at radius 1 is 1.42 bits per heavy atom. The van der Waals surface area contributed by atoms with E-state index in [2.05, 4.69) is 77.2 Å². The highest BCUT2D eigenvalue weighted by atomic mass is 79.9. The van der Waals surface area contributed by atoms with Crippen molar-refractivity contribution in [2.24, 2.45) is 0 Å². The average Bonchev–Trinajstić information content (AvgIpc) is 2.31. The van der Waals surface area contributed by atoms with E-state index < -0.39 is 0 Å². The fourth-order valence-electron chi connectivity index (χ4n) is 2.78. The first kappa shape index (κ1) is 14.8. The standard InChI is InChI=1S/C15H24BrN3/c1-11-7-13(16)5-6-15(11)19-9-12(2)17-8-14(19)10-18(3)4/h5-7,12,14,17H,8-10H2,1-4H3. The fraction of sp³-hybridized carbons (Fsp3) is 0.600. The summed E-state index contributed by atoms with van der Waals surface area (Å²) in [5.41, 5.74) is 2.70. The average molecular weight is 326 g/mol. The van der Waals surface area contributed by atoms with E-state index in [1.165, 1.54) is 11.3 Å². The van der Waals surface area contributed by atoms with Crippen molar-refractivity contribution in [1.82, 2.24) is 10.2 Å². The van der Waals surface area contributed by atoms with Gasteiger partial charge in [-0.05, 0) is 51.7 Å². The molecule has 2 unspecified atom stereocenters.